The van der Waals surface area contributed by atoms with E-state index >= 15 is 0 Å². The monoisotopic (exact) mass is 350 g/mol. The van der Waals surface area contributed by atoms with Crippen LogP contribution in [0.4, 0.5) is 23.8 Å². The standard InChI is InChI=1S/C17H16F3N3O2/c18-17(19,20)14-4-1-12(2-5-14)13-3-6-15(21-11-13)22-7-9-23(10-8-22)16(24)25/h1-6,11H,7-10H2,(H,24,25)/p-1. The lowest BCUT2D eigenvalue weighted by Crippen LogP contribution is -2.52. The van der Waals surface area contributed by atoms with Gasteiger partial charge in [0.1, 0.15) is 11.9 Å². The normalized spacial score (nSPS) is 15.3. The zero-order valence-electron chi connectivity index (χ0n) is 13.2. The van der Waals surface area contributed by atoms with E-state index in [2.05, 4.69) is 4.98 Å². The molecule has 1 fully saturated rings. The van der Waals surface area contributed by atoms with Gasteiger partial charge in [0.2, 0.25) is 0 Å². The number of carbonyl (C=O) groups excluding carboxylic acids is 1. The summed E-state index contributed by atoms with van der Waals surface area (Å²) in [6, 6.07) is 8.48. The quantitative estimate of drug-likeness (QED) is 0.833. The van der Waals surface area contributed by atoms with Crippen molar-refractivity contribution in [3.8, 4) is 11.1 Å². The van der Waals surface area contributed by atoms with Gasteiger partial charge in [0.05, 0.1) is 5.56 Å². The number of halogens is 3. The molecule has 25 heavy (non-hydrogen) atoms. The molecule has 2 heterocycles. The lowest BCUT2D eigenvalue weighted by atomic mass is 10.1. The highest BCUT2D eigenvalue weighted by molar-refractivity contribution is 5.65. The molecule has 1 aromatic carbocycles. The third-order valence-corrected chi connectivity index (χ3v) is 4.16. The summed E-state index contributed by atoms with van der Waals surface area (Å²) in [4.78, 5) is 18.3. The van der Waals surface area contributed by atoms with E-state index in [1.54, 1.807) is 18.3 Å². The molecule has 5 nitrogen and oxygen atoms in total. The number of piperazine rings is 1. The van der Waals surface area contributed by atoms with Crippen LogP contribution in [0, 0.1) is 0 Å². The molecule has 1 saturated heterocycles. The van der Waals surface area contributed by atoms with Gasteiger partial charge in [-0.2, -0.15) is 13.2 Å². The molecule has 3 rings (SSSR count). The highest BCUT2D eigenvalue weighted by atomic mass is 19.4. The molecule has 132 valence electrons. The van der Waals surface area contributed by atoms with Crippen molar-refractivity contribution in [2.75, 3.05) is 31.1 Å². The Kier molecular flexibility index (Phi) is 4.52. The average molecular weight is 350 g/mol. The fourth-order valence-electron chi connectivity index (χ4n) is 2.71. The number of alkyl halides is 3. The van der Waals surface area contributed by atoms with Crippen molar-refractivity contribution in [3.63, 3.8) is 0 Å². The summed E-state index contributed by atoms with van der Waals surface area (Å²) in [7, 11) is 0. The second-order valence-electron chi connectivity index (χ2n) is 5.72. The number of hydrogen-bond donors (Lipinski definition) is 0. The number of carboxylic acid groups (broad SMARTS) is 1. The topological polar surface area (TPSA) is 59.5 Å². The molecular weight excluding hydrogens is 335 g/mol. The maximum atomic E-state index is 12.6. The van der Waals surface area contributed by atoms with Crippen molar-refractivity contribution in [2.45, 2.75) is 6.18 Å². The number of nitrogens with zero attached hydrogens (tertiary/aromatic N) is 3. The maximum Gasteiger partial charge on any atom is 0.416 e. The number of benzene rings is 1. The van der Waals surface area contributed by atoms with Crippen LogP contribution in [0.5, 0.6) is 0 Å². The van der Waals surface area contributed by atoms with Crippen molar-refractivity contribution in [2.24, 2.45) is 0 Å². The van der Waals surface area contributed by atoms with Crippen LogP contribution in [-0.2, 0) is 6.18 Å². The van der Waals surface area contributed by atoms with Crippen molar-refractivity contribution in [1.29, 1.82) is 0 Å². The molecule has 8 heteroatoms. The summed E-state index contributed by atoms with van der Waals surface area (Å²) >= 11 is 0. The third kappa shape index (κ3) is 3.84. The first-order valence-electron chi connectivity index (χ1n) is 7.69. The van der Waals surface area contributed by atoms with Crippen molar-refractivity contribution < 1.29 is 23.1 Å². The minimum atomic E-state index is -4.35. The zero-order chi connectivity index (χ0) is 18.0. The Morgan fingerprint density at radius 3 is 2.04 bits per heavy atom. The number of carbonyl (C=O) groups is 1. The van der Waals surface area contributed by atoms with Crippen LogP contribution in [0.25, 0.3) is 11.1 Å². The highest BCUT2D eigenvalue weighted by Crippen LogP contribution is 2.31. The minimum absolute atomic E-state index is 0.352. The largest absolute Gasteiger partial charge is 0.530 e. The fraction of sp³-hybridized carbons (Fsp3) is 0.294. The lowest BCUT2D eigenvalue weighted by Gasteiger charge is -2.36. The van der Waals surface area contributed by atoms with Gasteiger partial charge in [-0.25, -0.2) is 4.98 Å². The van der Waals surface area contributed by atoms with Crippen LogP contribution in [0.15, 0.2) is 42.6 Å². The van der Waals surface area contributed by atoms with Crippen LogP contribution in [0.3, 0.4) is 0 Å². The number of hydrogen-bond acceptors (Lipinski definition) is 4. The molecule has 1 amide bonds. The van der Waals surface area contributed by atoms with E-state index < -0.39 is 17.8 Å². The van der Waals surface area contributed by atoms with Crippen LogP contribution in [0.1, 0.15) is 5.56 Å². The Bertz CT molecular complexity index is 737. The van der Waals surface area contributed by atoms with E-state index in [4.69, 9.17) is 0 Å². The van der Waals surface area contributed by atoms with Crippen LogP contribution >= 0.6 is 0 Å². The molecule has 0 radical (unpaired) electrons. The van der Waals surface area contributed by atoms with Crippen LogP contribution in [-0.4, -0.2) is 42.2 Å². The van der Waals surface area contributed by atoms with E-state index in [0.717, 1.165) is 12.1 Å². The number of amides is 1. The van der Waals surface area contributed by atoms with Gasteiger partial charge in [0.25, 0.3) is 0 Å². The Hall–Kier alpha value is -2.77. The zero-order valence-corrected chi connectivity index (χ0v) is 13.2. The van der Waals surface area contributed by atoms with Gasteiger partial charge >= 0.3 is 6.18 Å². The van der Waals surface area contributed by atoms with Gasteiger partial charge in [0, 0.05) is 37.9 Å². The summed E-state index contributed by atoms with van der Waals surface area (Å²) in [5.41, 5.74) is 0.672. The van der Waals surface area contributed by atoms with Crippen molar-refractivity contribution in [1.82, 2.24) is 9.88 Å². The van der Waals surface area contributed by atoms with Crippen molar-refractivity contribution >= 4 is 11.9 Å². The second kappa shape index (κ2) is 6.62. The Balaban J connectivity index is 1.69. The molecule has 0 saturated carbocycles. The summed E-state index contributed by atoms with van der Waals surface area (Å²) in [6.07, 6.45) is -3.93. The van der Waals surface area contributed by atoms with Gasteiger partial charge in [-0.15, -0.1) is 0 Å². The molecule has 0 N–H and O–H groups in total. The molecule has 1 aromatic heterocycles. The van der Waals surface area contributed by atoms with E-state index in [9.17, 15) is 23.1 Å². The highest BCUT2D eigenvalue weighted by Gasteiger charge is 2.30. The SMILES string of the molecule is O=C([O-])N1CCN(c2ccc(-c3ccc(C(F)(F)F)cc3)cn2)CC1. The number of rotatable bonds is 2. The van der Waals surface area contributed by atoms with E-state index in [-0.39, 0.29) is 0 Å². The molecule has 0 bridgehead atoms. The molecule has 2 aromatic rings. The van der Waals surface area contributed by atoms with Crippen LogP contribution in [0.2, 0.25) is 0 Å². The molecule has 1 aliphatic heterocycles. The summed E-state index contributed by atoms with van der Waals surface area (Å²) in [5.74, 6) is 0.702. The Labute approximate surface area is 142 Å². The predicted molar refractivity (Wildman–Crippen MR) is 83.9 cm³/mol. The van der Waals surface area contributed by atoms with E-state index in [0.29, 0.717) is 43.1 Å². The Morgan fingerprint density at radius 2 is 1.56 bits per heavy atom. The molecule has 0 spiro atoms. The molecule has 0 atom stereocenters. The first-order valence-corrected chi connectivity index (χ1v) is 7.69. The molecular formula is C17H15F3N3O2-. The number of pyridine rings is 1. The van der Waals surface area contributed by atoms with E-state index in [1.165, 1.54) is 17.0 Å². The predicted octanol–water partition coefficient (Wildman–Crippen LogP) is 2.23. The first-order chi connectivity index (χ1) is 11.8. The first kappa shape index (κ1) is 17.1. The minimum Gasteiger partial charge on any atom is -0.530 e. The van der Waals surface area contributed by atoms with Crippen molar-refractivity contribution in [3.05, 3.63) is 48.2 Å². The van der Waals surface area contributed by atoms with Gasteiger partial charge in [-0.3, -0.25) is 0 Å². The summed E-state index contributed by atoms with van der Waals surface area (Å²) in [6.45, 7) is 1.73. The summed E-state index contributed by atoms with van der Waals surface area (Å²) < 4.78 is 37.8. The summed E-state index contributed by atoms with van der Waals surface area (Å²) in [5, 5.41) is 10.8. The number of aromatic nitrogens is 1. The van der Waals surface area contributed by atoms with E-state index in [1.807, 2.05) is 4.90 Å². The van der Waals surface area contributed by atoms with Gasteiger partial charge < -0.3 is 19.7 Å². The maximum absolute atomic E-state index is 12.6. The average Bonchev–Trinajstić information content (AvgIpc) is 2.61. The fourth-order valence-corrected chi connectivity index (χ4v) is 2.71. The Morgan fingerprint density at radius 1 is 0.960 bits per heavy atom. The second-order valence-corrected chi connectivity index (χ2v) is 5.72. The van der Waals surface area contributed by atoms with Crippen LogP contribution < -0.4 is 10.0 Å². The molecule has 0 unspecified atom stereocenters. The van der Waals surface area contributed by atoms with Gasteiger partial charge in [0.15, 0.2) is 0 Å². The number of anilines is 1. The lowest BCUT2D eigenvalue weighted by molar-refractivity contribution is -0.265. The smallest absolute Gasteiger partial charge is 0.416 e. The van der Waals surface area contributed by atoms with Gasteiger partial charge in [-0.05, 0) is 29.8 Å². The molecule has 1 aliphatic rings. The molecule has 0 aliphatic carbocycles. The third-order valence-electron chi connectivity index (χ3n) is 4.16. The van der Waals surface area contributed by atoms with Gasteiger partial charge in [-0.1, -0.05) is 12.1 Å².